The molecule has 26 heavy (non-hydrogen) atoms. The van der Waals surface area contributed by atoms with Gasteiger partial charge in [0, 0.05) is 0 Å². The summed E-state index contributed by atoms with van der Waals surface area (Å²) in [6.07, 6.45) is 3.23. The summed E-state index contributed by atoms with van der Waals surface area (Å²) in [6.45, 7) is 4.04. The van der Waals surface area contributed by atoms with Gasteiger partial charge in [-0.1, -0.05) is 19.1 Å². The van der Waals surface area contributed by atoms with Crippen LogP contribution in [0.5, 0.6) is 11.5 Å². The SMILES string of the molecule is CCc1cc(OCP(=O)(O)O)cc(C)c1Cc1ccc(O)c(C2CC2)c1. The molecule has 0 atom stereocenters. The molecule has 0 bridgehead atoms. The Kier molecular flexibility index (Phi) is 5.42. The molecule has 0 aliphatic heterocycles. The van der Waals surface area contributed by atoms with Gasteiger partial charge in [0.05, 0.1) is 0 Å². The summed E-state index contributed by atoms with van der Waals surface area (Å²) in [5.41, 5.74) is 5.53. The van der Waals surface area contributed by atoms with Crippen molar-refractivity contribution in [1.82, 2.24) is 0 Å². The number of hydrogen-bond donors (Lipinski definition) is 3. The van der Waals surface area contributed by atoms with Gasteiger partial charge in [0.15, 0.2) is 6.35 Å². The maximum Gasteiger partial charge on any atom is 0.362 e. The number of ether oxygens (including phenoxy) is 1. The molecule has 6 heteroatoms. The molecule has 0 spiro atoms. The summed E-state index contributed by atoms with van der Waals surface area (Å²) in [6, 6.07) is 9.52. The van der Waals surface area contributed by atoms with Gasteiger partial charge in [0.2, 0.25) is 0 Å². The first-order valence-corrected chi connectivity index (χ1v) is 10.7. The summed E-state index contributed by atoms with van der Waals surface area (Å²) < 4.78 is 16.3. The predicted octanol–water partition coefficient (Wildman–Crippen LogP) is 4.25. The molecule has 0 heterocycles. The smallest absolute Gasteiger partial charge is 0.362 e. The molecular formula is C20H25O5P. The minimum atomic E-state index is -4.20. The average molecular weight is 376 g/mol. The Morgan fingerprint density at radius 2 is 1.92 bits per heavy atom. The monoisotopic (exact) mass is 376 g/mol. The highest BCUT2D eigenvalue weighted by molar-refractivity contribution is 7.51. The van der Waals surface area contributed by atoms with E-state index in [1.807, 2.05) is 25.1 Å². The average Bonchev–Trinajstić information content (AvgIpc) is 3.40. The minimum absolute atomic E-state index is 0.380. The normalized spacial score (nSPS) is 14.5. The third-order valence-corrected chi connectivity index (χ3v) is 5.27. The van der Waals surface area contributed by atoms with Gasteiger partial charge in [-0.15, -0.1) is 0 Å². The summed E-state index contributed by atoms with van der Waals surface area (Å²) >= 11 is 0. The second-order valence-electron chi connectivity index (χ2n) is 7.01. The lowest BCUT2D eigenvalue weighted by molar-refractivity contribution is 0.300. The first-order chi connectivity index (χ1) is 12.3. The zero-order valence-electron chi connectivity index (χ0n) is 15.1. The Balaban J connectivity index is 1.85. The highest BCUT2D eigenvalue weighted by Gasteiger charge is 2.26. The lowest BCUT2D eigenvalue weighted by atomic mass is 9.92. The van der Waals surface area contributed by atoms with Crippen molar-refractivity contribution in [3.05, 3.63) is 58.1 Å². The number of aryl methyl sites for hydroxylation is 2. The van der Waals surface area contributed by atoms with Crippen molar-refractivity contribution in [2.45, 2.75) is 45.4 Å². The van der Waals surface area contributed by atoms with E-state index in [4.69, 9.17) is 14.5 Å². The van der Waals surface area contributed by atoms with Crippen LogP contribution in [0.2, 0.25) is 0 Å². The number of aromatic hydroxyl groups is 1. The molecule has 2 aromatic carbocycles. The van der Waals surface area contributed by atoms with Crippen molar-refractivity contribution in [2.75, 3.05) is 6.35 Å². The van der Waals surface area contributed by atoms with E-state index in [1.54, 1.807) is 6.07 Å². The molecule has 0 aromatic heterocycles. The fourth-order valence-electron chi connectivity index (χ4n) is 3.30. The Morgan fingerprint density at radius 3 is 2.54 bits per heavy atom. The van der Waals surface area contributed by atoms with Crippen LogP contribution in [0, 0.1) is 6.92 Å². The summed E-state index contributed by atoms with van der Waals surface area (Å²) in [7, 11) is -4.20. The fraction of sp³-hybridized carbons (Fsp3) is 0.400. The molecule has 1 aliphatic carbocycles. The molecule has 3 N–H and O–H groups in total. The maximum atomic E-state index is 11.0. The van der Waals surface area contributed by atoms with Gasteiger partial charge < -0.3 is 19.6 Å². The highest BCUT2D eigenvalue weighted by atomic mass is 31.2. The number of phenolic OH excluding ortho intramolecular Hbond substituents is 1. The Labute approximate surface area is 153 Å². The van der Waals surface area contributed by atoms with Gasteiger partial charge in [-0.05, 0) is 84.5 Å². The molecule has 5 nitrogen and oxygen atoms in total. The van der Waals surface area contributed by atoms with E-state index < -0.39 is 13.9 Å². The molecule has 0 amide bonds. The van der Waals surface area contributed by atoms with Crippen LogP contribution < -0.4 is 4.74 Å². The van der Waals surface area contributed by atoms with Crippen LogP contribution in [0.15, 0.2) is 30.3 Å². The van der Waals surface area contributed by atoms with Crippen molar-refractivity contribution in [1.29, 1.82) is 0 Å². The minimum Gasteiger partial charge on any atom is -0.508 e. The standard InChI is InChI=1S/C20H25O5P/c1-3-15-11-17(25-12-26(22,23)24)8-13(2)18(15)9-14-4-7-20(21)19(10-14)16-5-6-16/h4,7-8,10-11,16,21H,3,5-6,9,12H2,1-2H3,(H2,22,23,24). The molecule has 0 unspecified atom stereocenters. The van der Waals surface area contributed by atoms with Crippen LogP contribution in [0.1, 0.15) is 53.5 Å². The van der Waals surface area contributed by atoms with Gasteiger partial charge in [0.1, 0.15) is 11.5 Å². The predicted molar refractivity (Wildman–Crippen MR) is 101 cm³/mol. The van der Waals surface area contributed by atoms with Crippen molar-refractivity contribution >= 4 is 7.60 Å². The van der Waals surface area contributed by atoms with E-state index in [1.165, 1.54) is 5.56 Å². The van der Waals surface area contributed by atoms with Crippen LogP contribution in [0.25, 0.3) is 0 Å². The largest absolute Gasteiger partial charge is 0.508 e. The van der Waals surface area contributed by atoms with Crippen molar-refractivity contribution < 1.29 is 24.2 Å². The van der Waals surface area contributed by atoms with Crippen LogP contribution in [-0.4, -0.2) is 21.2 Å². The molecule has 3 rings (SSSR count). The van der Waals surface area contributed by atoms with Crippen LogP contribution >= 0.6 is 7.60 Å². The first kappa shape index (κ1) is 19.0. The molecule has 1 saturated carbocycles. The highest BCUT2D eigenvalue weighted by Crippen LogP contribution is 2.44. The first-order valence-electron chi connectivity index (χ1n) is 8.88. The van der Waals surface area contributed by atoms with Gasteiger partial charge >= 0.3 is 7.60 Å². The van der Waals surface area contributed by atoms with E-state index in [0.717, 1.165) is 47.9 Å². The number of rotatable bonds is 7. The van der Waals surface area contributed by atoms with Gasteiger partial charge in [-0.3, -0.25) is 4.57 Å². The van der Waals surface area contributed by atoms with Gasteiger partial charge in [0.25, 0.3) is 0 Å². The Morgan fingerprint density at radius 1 is 1.19 bits per heavy atom. The molecule has 1 fully saturated rings. The van der Waals surface area contributed by atoms with Crippen molar-refractivity contribution in [3.8, 4) is 11.5 Å². The van der Waals surface area contributed by atoms with Crippen LogP contribution in [0.4, 0.5) is 0 Å². The zero-order valence-corrected chi connectivity index (χ0v) is 16.0. The third-order valence-electron chi connectivity index (χ3n) is 4.81. The molecule has 140 valence electrons. The van der Waals surface area contributed by atoms with E-state index in [2.05, 4.69) is 13.0 Å². The molecule has 2 aromatic rings. The second-order valence-corrected chi connectivity index (χ2v) is 8.60. The van der Waals surface area contributed by atoms with E-state index in [9.17, 15) is 9.67 Å². The summed E-state index contributed by atoms with van der Waals surface area (Å²) in [5, 5.41) is 10.0. The lowest BCUT2D eigenvalue weighted by Crippen LogP contribution is -2.03. The van der Waals surface area contributed by atoms with Gasteiger partial charge in [-0.25, -0.2) is 0 Å². The van der Waals surface area contributed by atoms with Crippen molar-refractivity contribution in [2.24, 2.45) is 0 Å². The molecule has 0 radical (unpaired) electrons. The third kappa shape index (κ3) is 4.67. The Hall–Kier alpha value is -1.81. The van der Waals surface area contributed by atoms with Gasteiger partial charge in [-0.2, -0.15) is 0 Å². The van der Waals surface area contributed by atoms with Crippen LogP contribution in [0.3, 0.4) is 0 Å². The number of benzene rings is 2. The second kappa shape index (κ2) is 7.43. The fourth-order valence-corrected chi connectivity index (χ4v) is 3.62. The Bertz CT molecular complexity index is 852. The summed E-state index contributed by atoms with van der Waals surface area (Å²) in [5.74, 6) is 1.35. The number of hydrogen-bond acceptors (Lipinski definition) is 3. The van der Waals surface area contributed by atoms with Crippen molar-refractivity contribution in [3.63, 3.8) is 0 Å². The number of phenols is 1. The molecule has 1 aliphatic rings. The van der Waals surface area contributed by atoms with E-state index in [-0.39, 0.29) is 0 Å². The summed E-state index contributed by atoms with van der Waals surface area (Å²) in [4.78, 5) is 18.0. The van der Waals surface area contributed by atoms with E-state index >= 15 is 0 Å². The van der Waals surface area contributed by atoms with Crippen LogP contribution in [-0.2, 0) is 17.4 Å². The molecular weight excluding hydrogens is 351 g/mol. The molecule has 0 saturated heterocycles. The lowest BCUT2D eigenvalue weighted by Gasteiger charge is -2.16. The zero-order chi connectivity index (χ0) is 18.9. The van der Waals surface area contributed by atoms with E-state index in [0.29, 0.717) is 17.4 Å². The quantitative estimate of drug-likeness (QED) is 0.629. The maximum absolute atomic E-state index is 11.0. The topological polar surface area (TPSA) is 87.0 Å².